The van der Waals surface area contributed by atoms with Gasteiger partial charge in [0.15, 0.2) is 0 Å². The summed E-state index contributed by atoms with van der Waals surface area (Å²) in [6.07, 6.45) is 2.89. The van der Waals surface area contributed by atoms with Crippen LogP contribution in [0.2, 0.25) is 0 Å². The average Bonchev–Trinajstić information content (AvgIpc) is 2.98. The van der Waals surface area contributed by atoms with Gasteiger partial charge in [0.25, 0.3) is 5.91 Å². The van der Waals surface area contributed by atoms with Gasteiger partial charge in [-0.1, -0.05) is 27.7 Å². The Bertz CT molecular complexity index is 503. The molecule has 0 radical (unpaired) electrons. The number of hydrogen-bond acceptors (Lipinski definition) is 4. The van der Waals surface area contributed by atoms with Crippen molar-refractivity contribution in [3.05, 3.63) is 23.9 Å². The van der Waals surface area contributed by atoms with Gasteiger partial charge in [0.05, 0.1) is 0 Å². The Morgan fingerprint density at radius 1 is 1.35 bits per heavy atom. The Balaban J connectivity index is 2.18. The highest BCUT2D eigenvalue weighted by molar-refractivity contribution is 7.99. The van der Waals surface area contributed by atoms with Crippen molar-refractivity contribution < 1.29 is 9.53 Å². The second-order valence-electron chi connectivity index (χ2n) is 6.96. The van der Waals surface area contributed by atoms with Crippen molar-refractivity contribution in [1.82, 2.24) is 9.88 Å². The van der Waals surface area contributed by atoms with Crippen LogP contribution in [0.4, 0.5) is 0 Å². The molecule has 23 heavy (non-hydrogen) atoms. The lowest BCUT2D eigenvalue weighted by Gasteiger charge is -2.27. The molecule has 0 N–H and O–H groups in total. The maximum absolute atomic E-state index is 13.0. The Morgan fingerprint density at radius 3 is 2.61 bits per heavy atom. The van der Waals surface area contributed by atoms with Crippen molar-refractivity contribution in [1.29, 1.82) is 0 Å². The number of amides is 1. The summed E-state index contributed by atoms with van der Waals surface area (Å²) in [6, 6.07) is 3.65. The van der Waals surface area contributed by atoms with Crippen LogP contribution in [0.15, 0.2) is 18.3 Å². The largest absolute Gasteiger partial charge is 0.473 e. The minimum absolute atomic E-state index is 0.0288. The van der Waals surface area contributed by atoms with E-state index in [0.717, 1.165) is 31.0 Å². The molecule has 1 aromatic heterocycles. The van der Waals surface area contributed by atoms with E-state index in [4.69, 9.17) is 4.74 Å². The number of ether oxygens (including phenoxy) is 1. The number of carbonyl (C=O) groups is 1. The first-order chi connectivity index (χ1) is 11.0. The molecule has 4 nitrogen and oxygen atoms in total. The van der Waals surface area contributed by atoms with E-state index in [1.54, 1.807) is 6.20 Å². The molecule has 1 aliphatic heterocycles. The number of nitrogens with zero attached hydrogens (tertiary/aromatic N) is 2. The molecule has 0 saturated carbocycles. The predicted molar refractivity (Wildman–Crippen MR) is 96.2 cm³/mol. The van der Waals surface area contributed by atoms with Crippen molar-refractivity contribution in [3.63, 3.8) is 0 Å². The van der Waals surface area contributed by atoms with Crippen LogP contribution in [0, 0.1) is 11.8 Å². The molecule has 1 fully saturated rings. The van der Waals surface area contributed by atoms with Gasteiger partial charge in [0.2, 0.25) is 5.88 Å². The van der Waals surface area contributed by atoms with Crippen molar-refractivity contribution in [2.24, 2.45) is 11.8 Å². The zero-order valence-corrected chi connectivity index (χ0v) is 15.4. The Labute approximate surface area is 144 Å². The Kier molecular flexibility index (Phi) is 6.75. The molecule has 0 aliphatic carbocycles. The van der Waals surface area contributed by atoms with E-state index in [9.17, 15) is 4.79 Å². The molecule has 0 aromatic carbocycles. The molecule has 1 unspecified atom stereocenters. The highest BCUT2D eigenvalue weighted by Gasteiger charge is 2.25. The van der Waals surface area contributed by atoms with Gasteiger partial charge in [-0.3, -0.25) is 4.79 Å². The van der Waals surface area contributed by atoms with Gasteiger partial charge in [-0.2, -0.15) is 11.8 Å². The molecule has 1 saturated heterocycles. The van der Waals surface area contributed by atoms with Gasteiger partial charge in [0.1, 0.15) is 11.7 Å². The quantitative estimate of drug-likeness (QED) is 0.761. The van der Waals surface area contributed by atoms with Gasteiger partial charge in [-0.15, -0.1) is 0 Å². The van der Waals surface area contributed by atoms with Crippen molar-refractivity contribution in [2.45, 2.75) is 40.2 Å². The van der Waals surface area contributed by atoms with Crippen LogP contribution >= 0.6 is 11.8 Å². The number of rotatable bonds is 7. The molecule has 1 amide bonds. The van der Waals surface area contributed by atoms with E-state index in [1.807, 2.05) is 28.8 Å². The molecule has 1 atom stereocenters. The SMILES string of the molecule is CC(C)CN(CC(C)C)C(=O)c1cccnc1OC1CCSC1. The van der Waals surface area contributed by atoms with Gasteiger partial charge in [-0.25, -0.2) is 4.98 Å². The van der Waals surface area contributed by atoms with Gasteiger partial charge >= 0.3 is 0 Å². The maximum atomic E-state index is 13.0. The van der Waals surface area contributed by atoms with Gasteiger partial charge in [-0.05, 0) is 36.1 Å². The minimum atomic E-state index is 0.0288. The highest BCUT2D eigenvalue weighted by atomic mass is 32.2. The molecule has 0 spiro atoms. The third-order valence-electron chi connectivity index (χ3n) is 3.63. The summed E-state index contributed by atoms with van der Waals surface area (Å²) < 4.78 is 6.01. The lowest BCUT2D eigenvalue weighted by molar-refractivity contribution is 0.0707. The summed E-state index contributed by atoms with van der Waals surface area (Å²) in [5.41, 5.74) is 0.589. The third-order valence-corrected chi connectivity index (χ3v) is 4.76. The van der Waals surface area contributed by atoms with E-state index < -0.39 is 0 Å². The summed E-state index contributed by atoms with van der Waals surface area (Å²) in [6.45, 7) is 10.1. The van der Waals surface area contributed by atoms with E-state index in [1.165, 1.54) is 0 Å². The fraction of sp³-hybridized carbons (Fsp3) is 0.667. The zero-order valence-electron chi connectivity index (χ0n) is 14.6. The second kappa shape index (κ2) is 8.57. The molecular weight excluding hydrogens is 308 g/mol. The number of thioether (sulfide) groups is 1. The Morgan fingerprint density at radius 2 is 2.04 bits per heavy atom. The standard InChI is InChI=1S/C18H28N2O2S/c1-13(2)10-20(11-14(3)4)18(21)16-6-5-8-19-17(16)22-15-7-9-23-12-15/h5-6,8,13-15H,7,9-12H2,1-4H3. The first kappa shape index (κ1) is 18.1. The van der Waals surface area contributed by atoms with Gasteiger partial charge in [0, 0.05) is 25.0 Å². The van der Waals surface area contributed by atoms with Crippen LogP contribution in [-0.2, 0) is 0 Å². The topological polar surface area (TPSA) is 42.4 Å². The van der Waals surface area contributed by atoms with Crippen LogP contribution in [0.5, 0.6) is 5.88 Å². The van der Waals surface area contributed by atoms with E-state index in [-0.39, 0.29) is 12.0 Å². The highest BCUT2D eigenvalue weighted by Crippen LogP contribution is 2.25. The van der Waals surface area contributed by atoms with Crippen LogP contribution in [-0.4, -0.2) is 46.5 Å². The summed E-state index contributed by atoms with van der Waals surface area (Å²) in [7, 11) is 0. The van der Waals surface area contributed by atoms with E-state index >= 15 is 0 Å². The molecule has 1 aromatic rings. The zero-order chi connectivity index (χ0) is 16.8. The third kappa shape index (κ3) is 5.41. The fourth-order valence-electron chi connectivity index (χ4n) is 2.70. The van der Waals surface area contributed by atoms with Gasteiger partial charge < -0.3 is 9.64 Å². The predicted octanol–water partition coefficient (Wildman–Crippen LogP) is 3.72. The first-order valence-corrected chi connectivity index (χ1v) is 9.61. The minimum Gasteiger partial charge on any atom is -0.473 e. The lowest BCUT2D eigenvalue weighted by Crippen LogP contribution is -2.37. The molecule has 2 heterocycles. The molecule has 1 aliphatic rings. The maximum Gasteiger partial charge on any atom is 0.259 e. The average molecular weight is 337 g/mol. The second-order valence-corrected chi connectivity index (χ2v) is 8.11. The molecule has 5 heteroatoms. The first-order valence-electron chi connectivity index (χ1n) is 8.46. The smallest absolute Gasteiger partial charge is 0.259 e. The van der Waals surface area contributed by atoms with E-state index in [2.05, 4.69) is 32.7 Å². The molecule has 2 rings (SSSR count). The van der Waals surface area contributed by atoms with Crippen molar-refractivity contribution in [3.8, 4) is 5.88 Å². The number of carbonyl (C=O) groups excluding carboxylic acids is 1. The van der Waals surface area contributed by atoms with Crippen molar-refractivity contribution in [2.75, 3.05) is 24.6 Å². The lowest BCUT2D eigenvalue weighted by atomic mass is 10.1. The number of pyridine rings is 1. The number of aromatic nitrogens is 1. The normalized spacial score (nSPS) is 17.7. The fourth-order valence-corrected chi connectivity index (χ4v) is 3.80. The summed E-state index contributed by atoms with van der Waals surface area (Å²) >= 11 is 1.89. The van der Waals surface area contributed by atoms with Crippen molar-refractivity contribution >= 4 is 17.7 Å². The summed E-state index contributed by atoms with van der Waals surface area (Å²) in [5.74, 6) is 3.48. The monoisotopic (exact) mass is 336 g/mol. The molecule has 128 valence electrons. The van der Waals surface area contributed by atoms with E-state index in [0.29, 0.717) is 23.3 Å². The van der Waals surface area contributed by atoms with Crippen LogP contribution in [0.1, 0.15) is 44.5 Å². The number of hydrogen-bond donors (Lipinski definition) is 0. The summed E-state index contributed by atoms with van der Waals surface area (Å²) in [5, 5.41) is 0. The van der Waals surface area contributed by atoms with Crippen LogP contribution in [0.25, 0.3) is 0 Å². The van der Waals surface area contributed by atoms with Crippen LogP contribution < -0.4 is 4.74 Å². The Hall–Kier alpha value is -1.23. The van der Waals surface area contributed by atoms with Crippen LogP contribution in [0.3, 0.4) is 0 Å². The summed E-state index contributed by atoms with van der Waals surface area (Å²) in [4.78, 5) is 19.3. The molecular formula is C18H28N2O2S. The molecule has 0 bridgehead atoms.